The topological polar surface area (TPSA) is 85.2 Å². The van der Waals surface area contributed by atoms with Gasteiger partial charge in [-0.25, -0.2) is 9.79 Å². The molecule has 1 heterocycles. The fourth-order valence-electron chi connectivity index (χ4n) is 3.60. The normalized spacial score (nSPS) is 16.0. The zero-order valence-corrected chi connectivity index (χ0v) is 21.1. The summed E-state index contributed by atoms with van der Waals surface area (Å²) in [7, 11) is 1.64. The Hall–Kier alpha value is -3.32. The Labute approximate surface area is 204 Å². The van der Waals surface area contributed by atoms with Gasteiger partial charge in [0.05, 0.1) is 18.6 Å². The zero-order chi connectivity index (χ0) is 25.0. The van der Waals surface area contributed by atoms with Crippen LogP contribution < -0.4 is 4.74 Å². The summed E-state index contributed by atoms with van der Waals surface area (Å²) in [6.07, 6.45) is 1.79. The van der Waals surface area contributed by atoms with Crippen LogP contribution >= 0.6 is 11.8 Å². The molecule has 0 saturated carbocycles. The summed E-state index contributed by atoms with van der Waals surface area (Å²) in [6.45, 7) is 9.73. The largest absolute Gasteiger partial charge is 0.506 e. The number of hydrogen-bond acceptors (Lipinski definition) is 6. The summed E-state index contributed by atoms with van der Waals surface area (Å²) in [6, 6.07) is 11.1. The van der Waals surface area contributed by atoms with Gasteiger partial charge in [0.15, 0.2) is 0 Å². The van der Waals surface area contributed by atoms with Gasteiger partial charge in [-0.1, -0.05) is 43.8 Å². The maximum Gasteiger partial charge on any atom is 0.344 e. The van der Waals surface area contributed by atoms with E-state index in [1.54, 1.807) is 32.2 Å². The number of thioether (sulfide) groups is 1. The highest BCUT2D eigenvalue weighted by molar-refractivity contribution is 8.18. The van der Waals surface area contributed by atoms with E-state index in [4.69, 9.17) is 9.47 Å². The highest BCUT2D eigenvalue weighted by Gasteiger charge is 2.34. The van der Waals surface area contributed by atoms with Crippen LogP contribution in [-0.4, -0.2) is 35.7 Å². The summed E-state index contributed by atoms with van der Waals surface area (Å²) < 4.78 is 10.7. The number of aliphatic hydroxyl groups excluding tert-OH is 1. The van der Waals surface area contributed by atoms with E-state index < -0.39 is 11.9 Å². The number of amides is 1. The number of aliphatic hydroxyl groups is 1. The number of ether oxygens (including phenoxy) is 2. The molecule has 1 N–H and O–H groups in total. The van der Waals surface area contributed by atoms with E-state index in [1.165, 1.54) is 0 Å². The van der Waals surface area contributed by atoms with Crippen LogP contribution in [0.1, 0.15) is 59.3 Å². The predicted molar refractivity (Wildman–Crippen MR) is 137 cm³/mol. The van der Waals surface area contributed by atoms with E-state index >= 15 is 0 Å². The Morgan fingerprint density at radius 3 is 2.47 bits per heavy atom. The monoisotopic (exact) mass is 479 g/mol. The average Bonchev–Trinajstić information content (AvgIpc) is 3.09. The molecule has 0 saturated heterocycles. The minimum absolute atomic E-state index is 0.102. The summed E-state index contributed by atoms with van der Waals surface area (Å²) in [5.74, 6) is -0.430. The van der Waals surface area contributed by atoms with E-state index in [2.05, 4.69) is 18.8 Å². The van der Waals surface area contributed by atoms with Crippen molar-refractivity contribution in [1.29, 1.82) is 0 Å². The molecule has 0 aliphatic carbocycles. The van der Waals surface area contributed by atoms with Crippen LogP contribution in [0.4, 0.5) is 0 Å². The SMILES string of the molecule is CCOC(=O)C1=C(O)/C(=C/c2cc(C(C)C)c(OC)cc2C)SC1=NC(=O)c1ccccc1C. The van der Waals surface area contributed by atoms with Gasteiger partial charge in [-0.05, 0) is 73.2 Å². The molecule has 0 bridgehead atoms. The number of nitrogens with zero attached hydrogens (tertiary/aromatic N) is 1. The van der Waals surface area contributed by atoms with Gasteiger partial charge in [-0.15, -0.1) is 0 Å². The van der Waals surface area contributed by atoms with Crippen LogP contribution in [0.5, 0.6) is 5.75 Å². The fourth-order valence-corrected chi connectivity index (χ4v) is 4.60. The van der Waals surface area contributed by atoms with Crippen molar-refractivity contribution in [2.24, 2.45) is 4.99 Å². The van der Waals surface area contributed by atoms with Crippen LogP contribution in [0.25, 0.3) is 6.08 Å². The Balaban J connectivity index is 2.10. The number of aryl methyl sites for hydroxylation is 2. The predicted octanol–water partition coefficient (Wildman–Crippen LogP) is 6.14. The molecule has 0 unspecified atom stereocenters. The highest BCUT2D eigenvalue weighted by atomic mass is 32.2. The molecule has 2 aromatic carbocycles. The van der Waals surface area contributed by atoms with Gasteiger partial charge in [0.2, 0.25) is 0 Å². The standard InChI is InChI=1S/C27H29NO5S/c1-7-33-27(31)23-24(29)22(14-18-13-20(15(2)3)21(32-6)12-17(18)5)34-26(23)28-25(30)19-11-9-8-10-16(19)4/h8-15,29H,7H2,1-6H3/b22-14-,28-26?. The number of rotatable bonds is 6. The Morgan fingerprint density at radius 1 is 1.15 bits per heavy atom. The third kappa shape index (κ3) is 5.25. The lowest BCUT2D eigenvalue weighted by atomic mass is 9.96. The summed E-state index contributed by atoms with van der Waals surface area (Å²) in [4.78, 5) is 30.1. The second-order valence-corrected chi connectivity index (χ2v) is 9.23. The molecule has 178 valence electrons. The van der Waals surface area contributed by atoms with Gasteiger partial charge < -0.3 is 14.6 Å². The quantitative estimate of drug-likeness (QED) is 0.501. The first kappa shape index (κ1) is 25.3. The Bertz CT molecular complexity index is 1220. The van der Waals surface area contributed by atoms with Crippen molar-refractivity contribution in [3.63, 3.8) is 0 Å². The lowest BCUT2D eigenvalue weighted by Gasteiger charge is -2.15. The van der Waals surface area contributed by atoms with Gasteiger partial charge in [0, 0.05) is 5.56 Å². The van der Waals surface area contributed by atoms with Crippen molar-refractivity contribution in [2.45, 2.75) is 40.5 Å². The number of benzene rings is 2. The van der Waals surface area contributed by atoms with Crippen molar-refractivity contribution in [2.75, 3.05) is 13.7 Å². The Kier molecular flexibility index (Phi) is 7.99. The molecule has 1 aliphatic rings. The molecular formula is C27H29NO5S. The third-order valence-electron chi connectivity index (χ3n) is 5.48. The first-order valence-corrected chi connectivity index (χ1v) is 11.9. The summed E-state index contributed by atoms with van der Waals surface area (Å²) in [5.41, 5.74) is 3.95. The number of esters is 1. The number of methoxy groups -OCH3 is 1. The van der Waals surface area contributed by atoms with Crippen LogP contribution in [0, 0.1) is 13.8 Å². The molecule has 0 radical (unpaired) electrons. The molecule has 0 atom stereocenters. The molecular weight excluding hydrogens is 450 g/mol. The molecule has 3 rings (SSSR count). The molecule has 34 heavy (non-hydrogen) atoms. The number of aliphatic imine (C=N–C) groups is 1. The average molecular weight is 480 g/mol. The number of hydrogen-bond donors (Lipinski definition) is 1. The van der Waals surface area contributed by atoms with E-state index in [-0.39, 0.29) is 28.9 Å². The van der Waals surface area contributed by atoms with E-state index in [0.717, 1.165) is 39.8 Å². The van der Waals surface area contributed by atoms with Crippen molar-refractivity contribution >= 4 is 34.8 Å². The first-order chi connectivity index (χ1) is 16.2. The zero-order valence-electron chi connectivity index (χ0n) is 20.3. The fraction of sp³-hybridized carbons (Fsp3) is 0.296. The van der Waals surface area contributed by atoms with Crippen molar-refractivity contribution in [3.8, 4) is 5.75 Å². The van der Waals surface area contributed by atoms with Crippen molar-refractivity contribution < 1.29 is 24.2 Å². The molecule has 0 spiro atoms. The second-order valence-electron chi connectivity index (χ2n) is 8.20. The number of carbonyl (C=O) groups is 2. The van der Waals surface area contributed by atoms with Gasteiger partial charge in [0.25, 0.3) is 5.91 Å². The van der Waals surface area contributed by atoms with Crippen LogP contribution in [0.2, 0.25) is 0 Å². The van der Waals surface area contributed by atoms with E-state index in [1.807, 2.05) is 38.1 Å². The van der Waals surface area contributed by atoms with Gasteiger partial charge in [-0.2, -0.15) is 0 Å². The van der Waals surface area contributed by atoms with E-state index in [9.17, 15) is 14.7 Å². The maximum atomic E-state index is 12.9. The summed E-state index contributed by atoms with van der Waals surface area (Å²) in [5, 5.41) is 11.1. The molecule has 1 aliphatic heterocycles. The minimum Gasteiger partial charge on any atom is -0.506 e. The maximum absolute atomic E-state index is 12.9. The lowest BCUT2D eigenvalue weighted by molar-refractivity contribution is -0.138. The molecule has 2 aromatic rings. The van der Waals surface area contributed by atoms with Crippen LogP contribution in [0.3, 0.4) is 0 Å². The molecule has 6 nitrogen and oxygen atoms in total. The molecule has 7 heteroatoms. The van der Waals surface area contributed by atoms with Crippen LogP contribution in [0.15, 0.2) is 57.6 Å². The third-order valence-corrected chi connectivity index (χ3v) is 6.50. The minimum atomic E-state index is -0.721. The van der Waals surface area contributed by atoms with E-state index in [0.29, 0.717) is 10.5 Å². The number of carbonyl (C=O) groups excluding carboxylic acids is 2. The van der Waals surface area contributed by atoms with Gasteiger partial charge in [0.1, 0.15) is 22.1 Å². The van der Waals surface area contributed by atoms with Gasteiger partial charge in [-0.3, -0.25) is 4.79 Å². The Morgan fingerprint density at radius 2 is 1.85 bits per heavy atom. The summed E-state index contributed by atoms with van der Waals surface area (Å²) >= 11 is 1.07. The first-order valence-electron chi connectivity index (χ1n) is 11.1. The molecule has 0 fully saturated rings. The lowest BCUT2D eigenvalue weighted by Crippen LogP contribution is -2.14. The second kappa shape index (κ2) is 10.7. The smallest absolute Gasteiger partial charge is 0.344 e. The van der Waals surface area contributed by atoms with Gasteiger partial charge >= 0.3 is 5.97 Å². The van der Waals surface area contributed by atoms with Crippen LogP contribution in [-0.2, 0) is 9.53 Å². The van der Waals surface area contributed by atoms with Crippen molar-refractivity contribution in [1.82, 2.24) is 0 Å². The van der Waals surface area contributed by atoms with Crippen molar-refractivity contribution in [3.05, 3.63) is 80.5 Å². The molecule has 1 amide bonds. The molecule has 0 aromatic heterocycles. The highest BCUT2D eigenvalue weighted by Crippen LogP contribution is 2.40.